The third-order valence-electron chi connectivity index (χ3n) is 8.01. The first kappa shape index (κ1) is 28.1. The lowest BCUT2D eigenvalue weighted by atomic mass is 9.62. The number of carbonyl (C=O) groups excluding carboxylic acids is 3. The van der Waals surface area contributed by atoms with E-state index in [4.69, 9.17) is 0 Å². The van der Waals surface area contributed by atoms with Crippen LogP contribution in [0.15, 0.2) is 91.6 Å². The lowest BCUT2D eigenvalue weighted by molar-refractivity contribution is -0.135. The van der Waals surface area contributed by atoms with Crippen LogP contribution in [0.5, 0.6) is 0 Å². The number of amides is 3. The lowest BCUT2D eigenvalue weighted by Gasteiger charge is -2.43. The summed E-state index contributed by atoms with van der Waals surface area (Å²) < 4.78 is 0. The highest BCUT2D eigenvalue weighted by molar-refractivity contribution is 5.96. The fourth-order valence-electron chi connectivity index (χ4n) is 5.99. The molecule has 2 unspecified atom stereocenters. The molecule has 2 aromatic rings. The fraction of sp³-hybridized carbons (Fsp3) is 0.364. The van der Waals surface area contributed by atoms with E-state index in [9.17, 15) is 14.4 Å². The zero-order valence-electron chi connectivity index (χ0n) is 22.8. The van der Waals surface area contributed by atoms with Crippen molar-refractivity contribution >= 4 is 17.7 Å². The maximum Gasteiger partial charge on any atom is 0.251 e. The first-order valence-corrected chi connectivity index (χ1v) is 13.9. The van der Waals surface area contributed by atoms with Gasteiger partial charge in [0, 0.05) is 31.2 Å². The van der Waals surface area contributed by atoms with Crippen LogP contribution < -0.4 is 10.6 Å². The highest BCUT2D eigenvalue weighted by Crippen LogP contribution is 2.48. The minimum atomic E-state index is -0.923. The van der Waals surface area contributed by atoms with E-state index in [2.05, 4.69) is 23.8 Å². The Hall–Kier alpha value is -3.93. The van der Waals surface area contributed by atoms with Crippen molar-refractivity contribution in [3.63, 3.8) is 0 Å². The molecule has 1 fully saturated rings. The minimum absolute atomic E-state index is 0.0366. The number of piperidine rings is 1. The molecule has 39 heavy (non-hydrogen) atoms. The van der Waals surface area contributed by atoms with Crippen LogP contribution >= 0.6 is 0 Å². The highest BCUT2D eigenvalue weighted by atomic mass is 16.2. The predicted octanol–water partition coefficient (Wildman–Crippen LogP) is 5.05. The van der Waals surface area contributed by atoms with Gasteiger partial charge in [-0.2, -0.15) is 0 Å². The van der Waals surface area contributed by atoms with Crippen molar-refractivity contribution in [2.24, 2.45) is 0 Å². The Morgan fingerprint density at radius 2 is 1.69 bits per heavy atom. The van der Waals surface area contributed by atoms with Crippen LogP contribution in [0.3, 0.4) is 0 Å². The van der Waals surface area contributed by atoms with E-state index < -0.39 is 5.41 Å². The molecule has 1 heterocycles. The van der Waals surface area contributed by atoms with E-state index in [1.165, 1.54) is 0 Å². The molecule has 2 N–H and O–H groups in total. The summed E-state index contributed by atoms with van der Waals surface area (Å²) in [5, 5.41) is 6.22. The average molecular weight is 526 g/mol. The van der Waals surface area contributed by atoms with E-state index in [1.807, 2.05) is 60.4 Å². The van der Waals surface area contributed by atoms with Gasteiger partial charge in [-0.1, -0.05) is 80.8 Å². The van der Waals surface area contributed by atoms with E-state index in [-0.39, 0.29) is 29.7 Å². The molecule has 2 atom stereocenters. The van der Waals surface area contributed by atoms with Gasteiger partial charge in [-0.05, 0) is 60.9 Å². The Kier molecular flexibility index (Phi) is 9.18. The molecule has 3 amide bonds. The molecule has 1 aliphatic heterocycles. The molecular weight excluding hydrogens is 486 g/mol. The molecular formula is C33H39N3O3. The molecule has 4 rings (SSSR count). The lowest BCUT2D eigenvalue weighted by Crippen LogP contribution is -2.51. The second-order valence-corrected chi connectivity index (χ2v) is 10.3. The third kappa shape index (κ3) is 5.75. The minimum Gasteiger partial charge on any atom is -0.355 e. The molecule has 2 aliphatic rings. The Morgan fingerprint density at radius 1 is 1.00 bits per heavy atom. The predicted molar refractivity (Wildman–Crippen MR) is 155 cm³/mol. The van der Waals surface area contributed by atoms with Crippen molar-refractivity contribution in [3.05, 3.63) is 108 Å². The van der Waals surface area contributed by atoms with Crippen molar-refractivity contribution < 1.29 is 14.4 Å². The molecule has 0 saturated carbocycles. The summed E-state index contributed by atoms with van der Waals surface area (Å²) in [7, 11) is 0. The van der Waals surface area contributed by atoms with Crippen LogP contribution in [-0.4, -0.2) is 48.3 Å². The molecule has 6 heteroatoms. The Morgan fingerprint density at radius 3 is 2.36 bits per heavy atom. The number of nitrogens with zero attached hydrogens (tertiary/aromatic N) is 1. The van der Waals surface area contributed by atoms with Gasteiger partial charge in [-0.25, -0.2) is 0 Å². The molecule has 204 valence electrons. The summed E-state index contributed by atoms with van der Waals surface area (Å²) in [6.07, 6.45) is 8.60. The summed E-state index contributed by atoms with van der Waals surface area (Å²) in [6.45, 7) is 11.7. The van der Waals surface area contributed by atoms with Gasteiger partial charge in [0.1, 0.15) is 0 Å². The SMILES string of the molecule is C=C/C=C(\C=C)C1(C(=O)NCCC)CCC(C(=O)N2CCC(NC(=O)c3ccccc3)CC2)c2ccccc21. The zero-order chi connectivity index (χ0) is 27.8. The maximum absolute atomic E-state index is 13.9. The zero-order valence-corrected chi connectivity index (χ0v) is 22.8. The number of allylic oxidation sites excluding steroid dienone is 3. The molecule has 1 aliphatic carbocycles. The third-order valence-corrected chi connectivity index (χ3v) is 8.01. The van der Waals surface area contributed by atoms with Crippen LogP contribution in [0, 0.1) is 0 Å². The molecule has 0 spiro atoms. The van der Waals surface area contributed by atoms with E-state index in [0.29, 0.717) is 50.9 Å². The van der Waals surface area contributed by atoms with Gasteiger partial charge in [0.15, 0.2) is 0 Å². The van der Waals surface area contributed by atoms with Crippen LogP contribution in [0.2, 0.25) is 0 Å². The summed E-state index contributed by atoms with van der Waals surface area (Å²) in [6, 6.07) is 17.1. The number of likely N-dealkylation sites (tertiary alicyclic amines) is 1. The highest BCUT2D eigenvalue weighted by Gasteiger charge is 2.49. The quantitative estimate of drug-likeness (QED) is 0.450. The standard InChI is InChI=1S/C33H39N3O3/c1-4-12-25(6-3)33(32(39)34-21-5-2)20-17-28(27-15-10-11-16-29(27)33)31(38)36-22-18-26(19-23-36)35-30(37)24-13-8-7-9-14-24/h4,6-16,26,28H,1,3,5,17-23H2,2H3,(H,34,39)(H,35,37)/b25-12+. The second kappa shape index (κ2) is 12.7. The normalized spacial score (nSPS) is 21.4. The summed E-state index contributed by atoms with van der Waals surface area (Å²) in [4.78, 5) is 42.1. The van der Waals surface area contributed by atoms with Gasteiger partial charge in [0.25, 0.3) is 5.91 Å². The summed E-state index contributed by atoms with van der Waals surface area (Å²) in [5.41, 5.74) is 2.27. The van der Waals surface area contributed by atoms with Crippen LogP contribution in [0.1, 0.15) is 66.4 Å². The molecule has 6 nitrogen and oxygen atoms in total. The number of carbonyl (C=O) groups is 3. The van der Waals surface area contributed by atoms with Gasteiger partial charge in [-0.3, -0.25) is 14.4 Å². The number of hydrogen-bond acceptors (Lipinski definition) is 3. The number of benzene rings is 2. The molecule has 0 bridgehead atoms. The first-order chi connectivity index (χ1) is 19.0. The van der Waals surface area contributed by atoms with Gasteiger partial charge in [0.2, 0.25) is 11.8 Å². The topological polar surface area (TPSA) is 78.5 Å². The number of rotatable bonds is 9. The van der Waals surface area contributed by atoms with E-state index >= 15 is 0 Å². The van der Waals surface area contributed by atoms with Gasteiger partial charge in [0.05, 0.1) is 11.3 Å². The maximum atomic E-state index is 13.9. The molecule has 0 aromatic heterocycles. The van der Waals surface area contributed by atoms with Crippen molar-refractivity contribution in [3.8, 4) is 0 Å². The fourth-order valence-corrected chi connectivity index (χ4v) is 5.99. The van der Waals surface area contributed by atoms with E-state index in [0.717, 1.165) is 23.1 Å². The van der Waals surface area contributed by atoms with Crippen LogP contribution in [0.25, 0.3) is 0 Å². The molecule has 0 radical (unpaired) electrons. The van der Waals surface area contributed by atoms with Gasteiger partial charge >= 0.3 is 0 Å². The van der Waals surface area contributed by atoms with E-state index in [1.54, 1.807) is 24.3 Å². The first-order valence-electron chi connectivity index (χ1n) is 13.9. The largest absolute Gasteiger partial charge is 0.355 e. The van der Waals surface area contributed by atoms with Crippen LogP contribution in [0.4, 0.5) is 0 Å². The monoisotopic (exact) mass is 525 g/mol. The second-order valence-electron chi connectivity index (χ2n) is 10.3. The molecule has 2 aromatic carbocycles. The van der Waals surface area contributed by atoms with Crippen molar-refractivity contribution in [1.82, 2.24) is 15.5 Å². The van der Waals surface area contributed by atoms with Gasteiger partial charge < -0.3 is 15.5 Å². The number of nitrogens with one attached hydrogen (secondary N) is 2. The Labute approximate surface area is 231 Å². The Bertz CT molecular complexity index is 1240. The van der Waals surface area contributed by atoms with Crippen molar-refractivity contribution in [2.75, 3.05) is 19.6 Å². The van der Waals surface area contributed by atoms with Crippen molar-refractivity contribution in [1.29, 1.82) is 0 Å². The Balaban J connectivity index is 1.53. The average Bonchev–Trinajstić information content (AvgIpc) is 2.98. The molecule has 1 saturated heterocycles. The smallest absolute Gasteiger partial charge is 0.251 e. The number of hydrogen-bond donors (Lipinski definition) is 2. The van der Waals surface area contributed by atoms with Crippen LogP contribution in [-0.2, 0) is 15.0 Å². The summed E-state index contributed by atoms with van der Waals surface area (Å²) >= 11 is 0. The summed E-state index contributed by atoms with van der Waals surface area (Å²) in [5.74, 6) is -0.375. The van der Waals surface area contributed by atoms with Crippen molar-refractivity contribution in [2.45, 2.75) is 56.4 Å². The number of fused-ring (bicyclic) bond motifs is 1. The van der Waals surface area contributed by atoms with Gasteiger partial charge in [-0.15, -0.1) is 0 Å².